The average molecular weight is 472 g/mol. The van der Waals surface area contributed by atoms with Gasteiger partial charge in [-0.25, -0.2) is 18.4 Å². The predicted octanol–water partition coefficient (Wildman–Crippen LogP) is 3.45. The molecule has 0 saturated carbocycles. The smallest absolute Gasteiger partial charge is 0.258 e. The lowest BCUT2D eigenvalue weighted by atomic mass is 10.1. The van der Waals surface area contributed by atoms with Crippen molar-refractivity contribution in [3.05, 3.63) is 41.3 Å². The zero-order valence-electron chi connectivity index (χ0n) is 19.1. The number of aromatic nitrogens is 3. The summed E-state index contributed by atoms with van der Waals surface area (Å²) in [6.45, 7) is 6.79. The largest absolute Gasteiger partial charge is 0.506 e. The number of anilines is 1. The summed E-state index contributed by atoms with van der Waals surface area (Å²) in [5.41, 5.74) is 2.24. The molecule has 0 fully saturated rings. The van der Waals surface area contributed by atoms with Gasteiger partial charge >= 0.3 is 0 Å². The highest BCUT2D eigenvalue weighted by molar-refractivity contribution is 7.89. The lowest BCUT2D eigenvalue weighted by molar-refractivity contribution is 0.102. The number of carbonyl (C=O) groups is 1. The zero-order chi connectivity index (χ0) is 23.8. The van der Waals surface area contributed by atoms with E-state index >= 15 is 0 Å². The second-order valence-electron chi connectivity index (χ2n) is 8.20. The number of nitrogens with one attached hydrogen (secondary N) is 1. The molecule has 1 aliphatic rings. The van der Waals surface area contributed by atoms with E-state index < -0.39 is 15.9 Å². The molecule has 1 aromatic carbocycles. The molecule has 9 nitrogen and oxygen atoms in total. The number of pyridine rings is 1. The molecule has 2 N–H and O–H groups in total. The third-order valence-electron chi connectivity index (χ3n) is 6.00. The number of benzene rings is 1. The Labute approximate surface area is 193 Å². The maximum absolute atomic E-state index is 13.3. The first-order valence-corrected chi connectivity index (χ1v) is 12.7. The zero-order valence-corrected chi connectivity index (χ0v) is 19.9. The number of phenols is 1. The molecule has 0 bridgehead atoms. The van der Waals surface area contributed by atoms with Gasteiger partial charge in [0.2, 0.25) is 10.0 Å². The van der Waals surface area contributed by atoms with Gasteiger partial charge in [-0.05, 0) is 44.0 Å². The van der Waals surface area contributed by atoms with E-state index in [0.717, 1.165) is 38.1 Å². The Bertz CT molecular complexity index is 1310. The van der Waals surface area contributed by atoms with Crippen molar-refractivity contribution in [1.29, 1.82) is 0 Å². The SMILES string of the molecule is CCN(CC)S(=O)(=O)c1ccc(O)c(NC(=O)c2cc(C)nc3c2nc2n3CCCCC2)c1. The fraction of sp³-hybridized carbons (Fsp3) is 0.435. The minimum Gasteiger partial charge on any atom is -0.506 e. The van der Waals surface area contributed by atoms with Crippen LogP contribution in [0.25, 0.3) is 11.2 Å². The van der Waals surface area contributed by atoms with Crippen molar-refractivity contribution in [3.63, 3.8) is 0 Å². The third-order valence-corrected chi connectivity index (χ3v) is 8.04. The third kappa shape index (κ3) is 4.32. The average Bonchev–Trinajstić information content (AvgIpc) is 2.95. The van der Waals surface area contributed by atoms with Crippen LogP contribution in [0.5, 0.6) is 5.75 Å². The van der Waals surface area contributed by atoms with Crippen molar-refractivity contribution in [1.82, 2.24) is 18.8 Å². The van der Waals surface area contributed by atoms with E-state index in [9.17, 15) is 18.3 Å². The highest BCUT2D eigenvalue weighted by Crippen LogP contribution is 2.30. The molecule has 0 aliphatic carbocycles. The van der Waals surface area contributed by atoms with Gasteiger partial charge in [0, 0.05) is 31.7 Å². The van der Waals surface area contributed by atoms with Crippen LogP contribution in [0, 0.1) is 6.92 Å². The summed E-state index contributed by atoms with van der Waals surface area (Å²) in [6.07, 6.45) is 4.06. The molecule has 1 aliphatic heterocycles. The number of hydrogen-bond acceptors (Lipinski definition) is 6. The van der Waals surface area contributed by atoms with Gasteiger partial charge in [0.1, 0.15) is 17.1 Å². The first-order valence-electron chi connectivity index (χ1n) is 11.3. The quantitative estimate of drug-likeness (QED) is 0.532. The molecule has 1 amide bonds. The molecule has 0 radical (unpaired) electrons. The molecular formula is C23H29N5O4S. The van der Waals surface area contributed by atoms with E-state index in [0.29, 0.717) is 35.5 Å². The van der Waals surface area contributed by atoms with Crippen molar-refractivity contribution in [2.75, 3.05) is 18.4 Å². The maximum Gasteiger partial charge on any atom is 0.258 e. The number of aryl methyl sites for hydroxylation is 3. The van der Waals surface area contributed by atoms with Crippen LogP contribution in [0.3, 0.4) is 0 Å². The van der Waals surface area contributed by atoms with Crippen molar-refractivity contribution in [3.8, 4) is 5.75 Å². The van der Waals surface area contributed by atoms with Crippen molar-refractivity contribution < 1.29 is 18.3 Å². The van der Waals surface area contributed by atoms with Crippen LogP contribution < -0.4 is 5.32 Å². The van der Waals surface area contributed by atoms with Crippen LogP contribution in [0.1, 0.15) is 55.0 Å². The Balaban J connectivity index is 1.72. The number of sulfonamides is 1. The van der Waals surface area contributed by atoms with E-state index in [1.165, 1.54) is 22.5 Å². The number of carbonyl (C=O) groups excluding carboxylic acids is 1. The van der Waals surface area contributed by atoms with Crippen LogP contribution in [0.4, 0.5) is 5.69 Å². The number of phenolic OH excluding ortho intramolecular Hbond substituents is 1. The molecule has 176 valence electrons. The Hall–Kier alpha value is -2.98. The van der Waals surface area contributed by atoms with Crippen LogP contribution >= 0.6 is 0 Å². The Kier molecular flexibility index (Phi) is 6.40. The number of nitrogens with zero attached hydrogens (tertiary/aromatic N) is 4. The Morgan fingerprint density at radius 3 is 2.64 bits per heavy atom. The van der Waals surface area contributed by atoms with E-state index in [-0.39, 0.29) is 16.3 Å². The molecule has 3 heterocycles. The van der Waals surface area contributed by atoms with E-state index in [1.807, 2.05) is 6.92 Å². The molecule has 0 saturated heterocycles. The van der Waals surface area contributed by atoms with E-state index in [1.54, 1.807) is 19.9 Å². The van der Waals surface area contributed by atoms with E-state index in [4.69, 9.17) is 4.98 Å². The lowest BCUT2D eigenvalue weighted by Gasteiger charge is -2.19. The number of fused-ring (bicyclic) bond motifs is 3. The summed E-state index contributed by atoms with van der Waals surface area (Å²) in [4.78, 5) is 22.6. The summed E-state index contributed by atoms with van der Waals surface area (Å²) in [6, 6.07) is 5.56. The van der Waals surface area contributed by atoms with Gasteiger partial charge in [0.05, 0.1) is 16.1 Å². The molecule has 0 atom stereocenters. The molecule has 33 heavy (non-hydrogen) atoms. The molecule has 4 rings (SSSR count). The van der Waals surface area contributed by atoms with Gasteiger partial charge in [0.15, 0.2) is 5.65 Å². The van der Waals surface area contributed by atoms with Crippen LogP contribution in [0.2, 0.25) is 0 Å². The number of hydrogen-bond donors (Lipinski definition) is 2. The summed E-state index contributed by atoms with van der Waals surface area (Å²) in [5, 5.41) is 13.0. The van der Waals surface area contributed by atoms with Gasteiger partial charge in [-0.2, -0.15) is 4.31 Å². The molecule has 2 aromatic heterocycles. The summed E-state index contributed by atoms with van der Waals surface area (Å²) >= 11 is 0. The standard InChI is InChI=1S/C23H29N5O4S/c1-4-27(5-2)33(31,32)16-10-11-19(29)18(14-16)25-23(30)17-13-15(3)24-22-21(17)26-20-9-7-6-8-12-28(20)22/h10-11,13-14,29H,4-9,12H2,1-3H3,(H,25,30). The topological polar surface area (TPSA) is 117 Å². The van der Waals surface area contributed by atoms with Crippen LogP contribution in [0.15, 0.2) is 29.2 Å². The second-order valence-corrected chi connectivity index (χ2v) is 10.1. The summed E-state index contributed by atoms with van der Waals surface area (Å²) in [5.74, 6) is 0.223. The second kappa shape index (κ2) is 9.11. The van der Waals surface area contributed by atoms with Crippen molar-refractivity contribution in [2.24, 2.45) is 0 Å². The summed E-state index contributed by atoms with van der Waals surface area (Å²) in [7, 11) is -3.74. The minimum atomic E-state index is -3.74. The highest BCUT2D eigenvalue weighted by Gasteiger charge is 2.25. The normalized spacial score (nSPS) is 14.3. The first-order chi connectivity index (χ1) is 15.8. The minimum absolute atomic E-state index is 0.00376. The predicted molar refractivity (Wildman–Crippen MR) is 126 cm³/mol. The first kappa shape index (κ1) is 23.2. The van der Waals surface area contributed by atoms with Gasteiger partial charge in [-0.3, -0.25) is 4.79 Å². The van der Waals surface area contributed by atoms with Gasteiger partial charge in [0.25, 0.3) is 5.91 Å². The van der Waals surface area contributed by atoms with Crippen molar-refractivity contribution >= 4 is 32.8 Å². The maximum atomic E-state index is 13.3. The van der Waals surface area contributed by atoms with E-state index in [2.05, 4.69) is 14.9 Å². The number of imidazole rings is 1. The Morgan fingerprint density at radius 1 is 1.15 bits per heavy atom. The van der Waals surface area contributed by atoms with Crippen LogP contribution in [-0.2, 0) is 23.0 Å². The monoisotopic (exact) mass is 471 g/mol. The highest BCUT2D eigenvalue weighted by atomic mass is 32.2. The summed E-state index contributed by atoms with van der Waals surface area (Å²) < 4.78 is 29.2. The fourth-order valence-corrected chi connectivity index (χ4v) is 5.75. The molecule has 0 unspecified atom stereocenters. The number of aromatic hydroxyl groups is 1. The van der Waals surface area contributed by atoms with Gasteiger partial charge < -0.3 is 15.0 Å². The molecule has 0 spiro atoms. The van der Waals surface area contributed by atoms with Crippen molar-refractivity contribution in [2.45, 2.75) is 57.9 Å². The van der Waals surface area contributed by atoms with Crippen LogP contribution in [-0.4, -0.2) is 51.4 Å². The molecule has 3 aromatic rings. The van der Waals surface area contributed by atoms with Gasteiger partial charge in [-0.1, -0.05) is 20.3 Å². The molecule has 10 heteroatoms. The Morgan fingerprint density at radius 2 is 1.91 bits per heavy atom. The molecular weight excluding hydrogens is 442 g/mol. The number of amides is 1. The fourth-order valence-electron chi connectivity index (χ4n) is 4.27. The number of rotatable bonds is 6. The lowest BCUT2D eigenvalue weighted by Crippen LogP contribution is -2.30. The van der Waals surface area contributed by atoms with Gasteiger partial charge in [-0.15, -0.1) is 0 Å².